The Labute approximate surface area is 758 Å². The minimum Gasteiger partial charge on any atom is -0.391 e. The Bertz CT molecular complexity index is 5080. The first-order valence-electron chi connectivity index (χ1n) is 44.7. The lowest BCUT2D eigenvalue weighted by molar-refractivity contribution is -0.450. The first kappa shape index (κ1) is 93.3. The lowest BCUT2D eigenvalue weighted by atomic mass is 9.89. The lowest BCUT2D eigenvalue weighted by Crippen LogP contribution is -2.74. The molecule has 0 amide bonds. The Hall–Kier alpha value is -10.4. The highest BCUT2D eigenvalue weighted by molar-refractivity contribution is 5.24. The van der Waals surface area contributed by atoms with Crippen LogP contribution in [-0.4, -0.2) is 142 Å². The Morgan fingerprint density at radius 1 is 0.240 bits per heavy atom. The molecule has 19 nitrogen and oxygen atoms in total. The van der Waals surface area contributed by atoms with Crippen LogP contribution in [0.25, 0.3) is 0 Å². The number of benzene rings is 12. The van der Waals surface area contributed by atoms with Crippen molar-refractivity contribution in [1.29, 1.82) is 0 Å². The average molecular weight is 1740 g/mol. The van der Waals surface area contributed by atoms with Gasteiger partial charge in [0, 0.05) is 0 Å². The normalized spacial score (nSPS) is 23.9. The van der Waals surface area contributed by atoms with Gasteiger partial charge >= 0.3 is 0 Å². The van der Waals surface area contributed by atoms with Crippen LogP contribution < -0.4 is 0 Å². The molecule has 15 atom stereocenters. The average Bonchev–Trinajstić information content (AvgIpc) is 0.737. The predicted octanol–water partition coefficient (Wildman–Crippen LogP) is 19.2. The molecule has 0 aromatic heterocycles. The molecule has 15 rings (SSSR count). The topological polar surface area (TPSA) is 186 Å². The molecule has 0 spiro atoms. The fraction of sp³-hybridized carbons (Fsp3) is 0.327. The molecular weight excluding hydrogens is 1630 g/mol. The van der Waals surface area contributed by atoms with Crippen LogP contribution in [0.3, 0.4) is 0 Å². The Morgan fingerprint density at radius 2 is 0.434 bits per heavy atom. The van der Waals surface area contributed by atoms with E-state index >= 15 is 0 Å². The molecule has 1 N–H and O–H groups in total. The molecule has 0 radical (unpaired) electrons. The van der Waals surface area contributed by atoms with Crippen molar-refractivity contribution in [2.24, 2.45) is 0 Å². The number of rotatable bonds is 51. The molecule has 0 aliphatic carbocycles. The monoisotopic (exact) mass is 1740 g/mol. The van der Waals surface area contributed by atoms with Crippen molar-refractivity contribution in [3.63, 3.8) is 0 Å². The summed E-state index contributed by atoms with van der Waals surface area (Å²) in [6.07, 6.45) is -10.7. The van der Waals surface area contributed by atoms with Crippen molar-refractivity contribution in [2.75, 3.05) is 46.2 Å². The van der Waals surface area contributed by atoms with E-state index in [2.05, 4.69) is 6.58 Å². The van der Waals surface area contributed by atoms with Gasteiger partial charge in [0.1, 0.15) is 93.1 Å². The van der Waals surface area contributed by atoms with Crippen LogP contribution in [-0.2, 0) is 165 Å². The van der Waals surface area contributed by atoms with Crippen LogP contribution in [0.2, 0.25) is 0 Å². The fourth-order valence-electron chi connectivity index (χ4n) is 16.5. The maximum Gasteiger partial charge on any atom is 0.222 e. The van der Waals surface area contributed by atoms with E-state index in [0.717, 1.165) is 66.8 Å². The summed E-state index contributed by atoms with van der Waals surface area (Å²) in [5, 5.41) is 13.4. The summed E-state index contributed by atoms with van der Waals surface area (Å²) in [5.41, 5.74) is 10.5. The summed E-state index contributed by atoms with van der Waals surface area (Å²) in [6, 6.07) is 119. The molecule has 3 fully saturated rings. The highest BCUT2D eigenvalue weighted by Gasteiger charge is 2.65. The molecule has 0 saturated carbocycles. The molecule has 3 heterocycles. The second-order valence-corrected chi connectivity index (χ2v) is 32.6. The first-order valence-corrected chi connectivity index (χ1v) is 44.7. The second kappa shape index (κ2) is 49.6. The molecule has 3 saturated heterocycles. The summed E-state index contributed by atoms with van der Waals surface area (Å²) in [4.78, 5) is 0. The summed E-state index contributed by atoms with van der Waals surface area (Å²) in [6.45, 7) is 2.96. The third-order valence-electron chi connectivity index (χ3n) is 23.2. The van der Waals surface area contributed by atoms with E-state index in [1.54, 1.807) is 0 Å². The lowest BCUT2D eigenvalue weighted by Gasteiger charge is -2.56. The van der Waals surface area contributed by atoms with Crippen molar-refractivity contribution in [3.05, 3.63) is 443 Å². The SMILES string of the molecule is C=CCCCO[C@@]1(CO[C@@]2(CO[C@@]3(CO)O[C@H](COCc4ccccc4)[C@H](OCc4ccccc4)[C@H](OCc4ccccc4)[C@H]3OCc3ccccc3)O[C@H](COCc3ccccc3)[C@H](OCc3ccccc3)[C@H](OCc3ccccc3)[C@H]2OCc2ccccc2)O[C@H](COCc2ccccc2)[C@H](OCc2ccccc2)[C@H](OCc2ccccc2)[C@H]1OCc1ccccc1. The largest absolute Gasteiger partial charge is 0.391 e. The van der Waals surface area contributed by atoms with Crippen molar-refractivity contribution < 1.29 is 90.4 Å². The maximum atomic E-state index is 13.4. The van der Waals surface area contributed by atoms with Gasteiger partial charge in [-0.15, -0.1) is 6.58 Å². The number of aliphatic hydroxyl groups excluding tert-OH is 1. The van der Waals surface area contributed by atoms with Gasteiger partial charge in [0.25, 0.3) is 0 Å². The van der Waals surface area contributed by atoms with Gasteiger partial charge < -0.3 is 90.4 Å². The molecule has 672 valence electrons. The van der Waals surface area contributed by atoms with Crippen molar-refractivity contribution in [1.82, 2.24) is 0 Å². The van der Waals surface area contributed by atoms with Crippen molar-refractivity contribution in [2.45, 2.75) is 183 Å². The summed E-state index contributed by atoms with van der Waals surface area (Å²) >= 11 is 0. The van der Waals surface area contributed by atoms with Crippen molar-refractivity contribution >= 4 is 0 Å². The van der Waals surface area contributed by atoms with Crippen LogP contribution in [0.5, 0.6) is 0 Å². The van der Waals surface area contributed by atoms with Crippen LogP contribution in [0.4, 0.5) is 0 Å². The Morgan fingerprint density at radius 3 is 0.667 bits per heavy atom. The van der Waals surface area contributed by atoms with Crippen LogP contribution in [0.15, 0.2) is 377 Å². The standard InChI is InChI=1S/C110H118O19/c1-2-3-40-65-124-109(106(122-76-94-61-36-14-37-62-94)103(119-73-91-55-30-11-31-56-91)100(116-70-88-49-24-8-25-50-88)97(128-109)79-113-67-85-43-18-5-19-44-85)82-126-110(107(123-77-95-63-38-15-39-64-95)104(120-74-92-57-32-12-33-58-92)101(117-71-89-51-26-9-27-52-89)98(129-110)80-114-68-86-45-20-6-21-46-86)83-125-108(81-111)105(121-75-93-59-34-13-35-60-93)102(118-72-90-53-28-10-29-54-90)99(115-69-87-47-22-7-23-48-87)96(127-108)78-112-66-84-41-16-4-17-42-84/h2,4-39,41-64,96-107,111H,1,3,40,65-83H2/t96-,97-,98-,99+,100+,101+,102+,103+,104+,105-,106-,107-,108+,109+,110+/m1/s1. The van der Waals surface area contributed by atoms with Crippen LogP contribution >= 0.6 is 0 Å². The number of allylic oxidation sites excluding steroid dienone is 1. The van der Waals surface area contributed by atoms with E-state index in [1.165, 1.54) is 0 Å². The Balaban J connectivity index is 0.947. The van der Waals surface area contributed by atoms with Gasteiger partial charge in [0.2, 0.25) is 17.4 Å². The smallest absolute Gasteiger partial charge is 0.222 e. The van der Waals surface area contributed by atoms with E-state index in [4.69, 9.17) is 85.3 Å². The quantitative estimate of drug-likeness (QED) is 0.0280. The molecule has 12 aromatic carbocycles. The molecule has 3 aliphatic rings. The number of hydrogen-bond donors (Lipinski definition) is 1. The third kappa shape index (κ3) is 26.9. The summed E-state index contributed by atoms with van der Waals surface area (Å²) in [5.74, 6) is -6.69. The minimum absolute atomic E-state index is 0.0173. The van der Waals surface area contributed by atoms with E-state index in [1.807, 2.05) is 370 Å². The highest BCUT2D eigenvalue weighted by Crippen LogP contribution is 2.47. The molecule has 0 unspecified atom stereocenters. The number of aliphatic hydroxyl groups is 1. The van der Waals surface area contributed by atoms with E-state index in [9.17, 15) is 5.11 Å². The summed E-state index contributed by atoms with van der Waals surface area (Å²) in [7, 11) is 0. The van der Waals surface area contributed by atoms with E-state index < -0.39 is 110 Å². The van der Waals surface area contributed by atoms with Gasteiger partial charge in [0.05, 0.1) is 106 Å². The van der Waals surface area contributed by atoms with Gasteiger partial charge in [-0.1, -0.05) is 370 Å². The zero-order valence-corrected chi connectivity index (χ0v) is 73.0. The zero-order chi connectivity index (χ0) is 88.1. The summed E-state index contributed by atoms with van der Waals surface area (Å²) < 4.78 is 137. The van der Waals surface area contributed by atoms with Gasteiger partial charge in [-0.25, -0.2) is 0 Å². The third-order valence-corrected chi connectivity index (χ3v) is 23.2. The van der Waals surface area contributed by atoms with Crippen LogP contribution in [0.1, 0.15) is 79.6 Å². The number of ether oxygens (including phenoxy) is 18. The second-order valence-electron chi connectivity index (χ2n) is 32.6. The van der Waals surface area contributed by atoms with E-state index in [-0.39, 0.29) is 106 Å². The molecule has 12 aromatic rings. The first-order chi connectivity index (χ1) is 63.8. The molecule has 129 heavy (non-hydrogen) atoms. The molecule has 19 heteroatoms. The van der Waals surface area contributed by atoms with Gasteiger partial charge in [-0.2, -0.15) is 0 Å². The molecule has 3 aliphatic heterocycles. The molecular formula is C110H118O19. The van der Waals surface area contributed by atoms with Gasteiger partial charge in [0.15, 0.2) is 0 Å². The Kier molecular flexibility index (Phi) is 35.9. The zero-order valence-electron chi connectivity index (χ0n) is 73.0. The number of unbranched alkanes of at least 4 members (excludes halogenated alkanes) is 1. The highest BCUT2D eigenvalue weighted by atomic mass is 16.8. The van der Waals surface area contributed by atoms with Crippen molar-refractivity contribution in [3.8, 4) is 0 Å². The van der Waals surface area contributed by atoms with E-state index in [0.29, 0.717) is 12.8 Å². The fourth-order valence-corrected chi connectivity index (χ4v) is 16.5. The minimum atomic E-state index is -2.34. The van der Waals surface area contributed by atoms with Gasteiger partial charge in [-0.3, -0.25) is 0 Å². The maximum absolute atomic E-state index is 13.4. The molecule has 0 bridgehead atoms. The predicted molar refractivity (Wildman–Crippen MR) is 491 cm³/mol. The van der Waals surface area contributed by atoms with Gasteiger partial charge in [-0.05, 0) is 79.6 Å². The number of hydrogen-bond acceptors (Lipinski definition) is 19. The van der Waals surface area contributed by atoms with Crippen LogP contribution in [0, 0.1) is 0 Å².